The fourth-order valence-corrected chi connectivity index (χ4v) is 6.98. The van der Waals surface area contributed by atoms with Gasteiger partial charge in [-0.15, -0.1) is 0 Å². The molecule has 4 aliphatic rings. The van der Waals surface area contributed by atoms with E-state index in [4.69, 9.17) is 18.9 Å². The number of fused-ring (bicyclic) bond motifs is 2. The number of allylic oxidation sites excluding steroid dienone is 1. The Labute approximate surface area is 202 Å². The zero-order valence-electron chi connectivity index (χ0n) is 21.1. The monoisotopic (exact) mass is 474 g/mol. The van der Waals surface area contributed by atoms with E-state index in [0.717, 1.165) is 37.7 Å². The zero-order valence-corrected chi connectivity index (χ0v) is 21.1. The molecular formula is C27H38O7. The topological polar surface area (TPSA) is 91.4 Å². The normalized spacial score (nSPS) is 39.2. The van der Waals surface area contributed by atoms with Crippen molar-refractivity contribution in [2.75, 3.05) is 19.8 Å². The average Bonchev–Trinajstić information content (AvgIpc) is 3.45. The van der Waals surface area contributed by atoms with E-state index in [1.807, 2.05) is 6.92 Å². The van der Waals surface area contributed by atoms with Gasteiger partial charge < -0.3 is 18.9 Å². The third kappa shape index (κ3) is 4.10. The highest BCUT2D eigenvalue weighted by Gasteiger charge is 2.74. The summed E-state index contributed by atoms with van der Waals surface area (Å²) in [6, 6.07) is 0. The van der Waals surface area contributed by atoms with Crippen LogP contribution in [0.5, 0.6) is 0 Å². The first-order valence-electron chi connectivity index (χ1n) is 12.6. The van der Waals surface area contributed by atoms with Crippen LogP contribution in [0.25, 0.3) is 0 Å². The molecular weight excluding hydrogens is 436 g/mol. The fourth-order valence-electron chi connectivity index (χ4n) is 6.98. The molecule has 2 aliphatic carbocycles. The van der Waals surface area contributed by atoms with Gasteiger partial charge >= 0.3 is 17.9 Å². The van der Waals surface area contributed by atoms with Crippen LogP contribution in [0.4, 0.5) is 0 Å². The van der Waals surface area contributed by atoms with Crippen molar-refractivity contribution < 1.29 is 33.3 Å². The lowest BCUT2D eigenvalue weighted by molar-refractivity contribution is -0.228. The molecule has 0 aromatic rings. The highest BCUT2D eigenvalue weighted by molar-refractivity contribution is 5.87. The lowest BCUT2D eigenvalue weighted by Crippen LogP contribution is -2.67. The molecule has 3 fully saturated rings. The summed E-state index contributed by atoms with van der Waals surface area (Å²) >= 11 is 0. The first kappa shape index (κ1) is 25.0. The summed E-state index contributed by atoms with van der Waals surface area (Å²) in [7, 11) is 0. The van der Waals surface area contributed by atoms with Crippen LogP contribution in [0.3, 0.4) is 0 Å². The molecule has 1 saturated heterocycles. The average molecular weight is 475 g/mol. The fraction of sp³-hybridized carbons (Fsp3) is 0.741. The van der Waals surface area contributed by atoms with E-state index in [-0.39, 0.29) is 47.9 Å². The second kappa shape index (κ2) is 9.14. The van der Waals surface area contributed by atoms with Crippen LogP contribution in [0.1, 0.15) is 73.1 Å². The van der Waals surface area contributed by atoms with Crippen LogP contribution in [0.2, 0.25) is 0 Å². The molecule has 0 bridgehead atoms. The lowest BCUT2D eigenvalue weighted by Gasteiger charge is -2.63. The minimum atomic E-state index is -0.599. The molecule has 6 atom stereocenters. The highest BCUT2D eigenvalue weighted by Crippen LogP contribution is 2.69. The Morgan fingerprint density at radius 1 is 1.29 bits per heavy atom. The molecule has 2 aliphatic heterocycles. The first-order chi connectivity index (χ1) is 16.1. The summed E-state index contributed by atoms with van der Waals surface area (Å²) in [6.45, 7) is 10.7. The van der Waals surface area contributed by atoms with Crippen LogP contribution in [-0.4, -0.2) is 49.4 Å². The molecule has 0 aromatic heterocycles. The van der Waals surface area contributed by atoms with Crippen molar-refractivity contribution >= 4 is 17.9 Å². The van der Waals surface area contributed by atoms with Gasteiger partial charge in [0.25, 0.3) is 0 Å². The first-order valence-corrected chi connectivity index (χ1v) is 12.6. The summed E-state index contributed by atoms with van der Waals surface area (Å²) < 4.78 is 23.3. The zero-order chi connectivity index (χ0) is 24.7. The third-order valence-corrected chi connectivity index (χ3v) is 9.31. The van der Waals surface area contributed by atoms with Gasteiger partial charge in [0.1, 0.15) is 24.9 Å². The van der Waals surface area contributed by atoms with Crippen molar-refractivity contribution in [1.82, 2.24) is 0 Å². The third-order valence-electron chi connectivity index (χ3n) is 9.31. The van der Waals surface area contributed by atoms with E-state index in [0.29, 0.717) is 25.2 Å². The van der Waals surface area contributed by atoms with Crippen molar-refractivity contribution in [3.8, 4) is 0 Å². The number of carbonyl (C=O) groups is 3. The van der Waals surface area contributed by atoms with Gasteiger partial charge in [-0.3, -0.25) is 4.79 Å². The van der Waals surface area contributed by atoms with Crippen molar-refractivity contribution in [2.45, 2.75) is 84.8 Å². The Balaban J connectivity index is 1.71. The number of hydrogen-bond acceptors (Lipinski definition) is 7. The van der Waals surface area contributed by atoms with Crippen molar-refractivity contribution in [3.63, 3.8) is 0 Å². The maximum atomic E-state index is 12.7. The number of cyclic esters (lactones) is 1. The minimum Gasteiger partial charge on any atom is -0.462 e. The van der Waals surface area contributed by atoms with Gasteiger partial charge in [0.05, 0.1) is 12.0 Å². The van der Waals surface area contributed by atoms with Crippen LogP contribution in [-0.2, 0) is 33.3 Å². The molecule has 0 aromatic carbocycles. The molecule has 6 unspecified atom stereocenters. The van der Waals surface area contributed by atoms with Gasteiger partial charge in [-0.05, 0) is 68.8 Å². The second-order valence-corrected chi connectivity index (χ2v) is 11.0. The maximum absolute atomic E-state index is 12.7. The predicted octanol–water partition coefficient (Wildman–Crippen LogP) is 4.29. The van der Waals surface area contributed by atoms with Gasteiger partial charge in [0.2, 0.25) is 0 Å². The lowest BCUT2D eigenvalue weighted by atomic mass is 9.43. The standard InChI is InChI=1S/C27H38O7/c1-6-17(2)24(30)32-16-27-21(8-7-10-26(27)15-33-26)25(5,11-9-20-13-23(29)31-14-20)18(3)12-22(27)34-19(4)28/h6,13,18,21-22H,7-12,14-16H2,1-5H3/b17-6+. The highest BCUT2D eigenvalue weighted by atomic mass is 16.6. The molecule has 0 radical (unpaired) electrons. The molecule has 7 heteroatoms. The Hall–Kier alpha value is -2.15. The largest absolute Gasteiger partial charge is 0.462 e. The SMILES string of the molecule is C/C=C(\C)C(=O)OCC12C(OC(C)=O)CC(C)C(C)(CCC3=CC(=O)OC3)C1CCCC21CO1. The summed E-state index contributed by atoms with van der Waals surface area (Å²) in [5.41, 5.74) is 0.438. The molecule has 4 rings (SSSR count). The number of hydrogen-bond donors (Lipinski definition) is 0. The smallest absolute Gasteiger partial charge is 0.333 e. The number of esters is 3. The van der Waals surface area contributed by atoms with Crippen molar-refractivity contribution in [2.24, 2.45) is 22.7 Å². The molecule has 1 spiro atoms. The molecule has 0 amide bonds. The van der Waals surface area contributed by atoms with Crippen LogP contribution in [0, 0.1) is 22.7 Å². The van der Waals surface area contributed by atoms with Crippen molar-refractivity contribution in [3.05, 3.63) is 23.3 Å². The van der Waals surface area contributed by atoms with E-state index in [1.165, 1.54) is 6.92 Å². The Bertz CT molecular complexity index is 914. The molecule has 34 heavy (non-hydrogen) atoms. The van der Waals surface area contributed by atoms with E-state index in [9.17, 15) is 14.4 Å². The van der Waals surface area contributed by atoms with Gasteiger partial charge in [0.15, 0.2) is 0 Å². The summed E-state index contributed by atoms with van der Waals surface area (Å²) in [4.78, 5) is 36.5. The van der Waals surface area contributed by atoms with E-state index < -0.39 is 11.0 Å². The van der Waals surface area contributed by atoms with Crippen molar-refractivity contribution in [1.29, 1.82) is 0 Å². The molecule has 2 heterocycles. The quantitative estimate of drug-likeness (QED) is 0.235. The Morgan fingerprint density at radius 3 is 2.62 bits per heavy atom. The summed E-state index contributed by atoms with van der Waals surface area (Å²) in [5, 5.41) is 0. The number of ether oxygens (including phenoxy) is 4. The summed E-state index contributed by atoms with van der Waals surface area (Å²) in [5.74, 6) is -0.513. The number of rotatable bonds is 7. The molecule has 0 N–H and O–H groups in total. The Kier molecular flexibility index (Phi) is 6.71. The van der Waals surface area contributed by atoms with E-state index in [2.05, 4.69) is 13.8 Å². The Morgan fingerprint density at radius 2 is 2.03 bits per heavy atom. The maximum Gasteiger partial charge on any atom is 0.333 e. The van der Waals surface area contributed by atoms with Crippen LogP contribution >= 0.6 is 0 Å². The summed E-state index contributed by atoms with van der Waals surface area (Å²) in [6.07, 6.45) is 8.18. The second-order valence-electron chi connectivity index (χ2n) is 11.0. The minimum absolute atomic E-state index is 0.107. The molecule has 2 saturated carbocycles. The van der Waals surface area contributed by atoms with Gasteiger partial charge in [-0.1, -0.05) is 26.3 Å². The molecule has 7 nitrogen and oxygen atoms in total. The van der Waals surface area contributed by atoms with E-state index in [1.54, 1.807) is 19.1 Å². The molecule has 188 valence electrons. The number of epoxide rings is 1. The van der Waals surface area contributed by atoms with Gasteiger partial charge in [0, 0.05) is 18.6 Å². The van der Waals surface area contributed by atoms with E-state index >= 15 is 0 Å². The van der Waals surface area contributed by atoms with Gasteiger partial charge in [-0.25, -0.2) is 9.59 Å². The number of carbonyl (C=O) groups excluding carboxylic acids is 3. The van der Waals surface area contributed by atoms with Gasteiger partial charge in [-0.2, -0.15) is 0 Å². The van der Waals surface area contributed by atoms with Crippen LogP contribution < -0.4 is 0 Å². The predicted molar refractivity (Wildman–Crippen MR) is 125 cm³/mol. The van der Waals surface area contributed by atoms with Crippen LogP contribution in [0.15, 0.2) is 23.3 Å².